The molecule has 0 radical (unpaired) electrons. The topological polar surface area (TPSA) is 35.8 Å². The molecule has 2 aliphatic heterocycles. The van der Waals surface area contributed by atoms with Crippen LogP contribution in [0.2, 0.25) is 0 Å². The summed E-state index contributed by atoms with van der Waals surface area (Å²) in [4.78, 5) is 0.883. The van der Waals surface area contributed by atoms with Gasteiger partial charge >= 0.3 is 0 Å². The van der Waals surface area contributed by atoms with Crippen LogP contribution in [0, 0.1) is 0 Å². The molecule has 0 spiro atoms. The molecule has 2 rings (SSSR count). The first kappa shape index (κ1) is 7.49. The van der Waals surface area contributed by atoms with Gasteiger partial charge in [0.2, 0.25) is 5.88 Å². The molecule has 4 heteroatoms. The van der Waals surface area contributed by atoms with E-state index < -0.39 is 0 Å². The normalized spacial score (nSPS) is 21.1. The number of fused-ring (bicyclic) bond motifs is 1. The molecule has 0 aromatic rings. The molecular weight excluding hydrogens is 172 g/mol. The van der Waals surface area contributed by atoms with Crippen LogP contribution in [0.15, 0.2) is 39.1 Å². The molecule has 62 valence electrons. The van der Waals surface area contributed by atoms with Crippen molar-refractivity contribution in [2.75, 3.05) is 0 Å². The summed E-state index contributed by atoms with van der Waals surface area (Å²) in [6.07, 6.45) is 7.30. The highest BCUT2D eigenvalue weighted by molar-refractivity contribution is 8.06. The molecule has 0 fully saturated rings. The molecule has 0 atom stereocenters. The van der Waals surface area contributed by atoms with Crippen molar-refractivity contribution in [2.24, 2.45) is 5.10 Å². The molecule has 2 aliphatic rings. The largest absolute Gasteiger partial charge is 0.493 e. The van der Waals surface area contributed by atoms with E-state index in [9.17, 15) is 5.11 Å². The van der Waals surface area contributed by atoms with Crippen LogP contribution in [0.4, 0.5) is 0 Å². The van der Waals surface area contributed by atoms with Crippen LogP contribution in [-0.2, 0) is 0 Å². The van der Waals surface area contributed by atoms with Gasteiger partial charge in [-0.25, -0.2) is 0 Å². The van der Waals surface area contributed by atoms with Gasteiger partial charge in [0.25, 0.3) is 0 Å². The first-order chi connectivity index (χ1) is 5.79. The van der Waals surface area contributed by atoms with Crippen LogP contribution in [0.1, 0.15) is 6.92 Å². The fourth-order valence-corrected chi connectivity index (χ4v) is 1.87. The zero-order valence-electron chi connectivity index (χ0n) is 6.56. The molecule has 0 amide bonds. The fourth-order valence-electron chi connectivity index (χ4n) is 1.01. The van der Waals surface area contributed by atoms with Crippen molar-refractivity contribution in [1.29, 1.82) is 0 Å². The van der Waals surface area contributed by atoms with Crippen LogP contribution in [-0.4, -0.2) is 16.3 Å². The Morgan fingerprint density at radius 1 is 1.50 bits per heavy atom. The van der Waals surface area contributed by atoms with Crippen LogP contribution in [0.5, 0.6) is 0 Å². The second-order valence-corrected chi connectivity index (χ2v) is 3.68. The summed E-state index contributed by atoms with van der Waals surface area (Å²) in [6, 6.07) is 0. The molecule has 0 saturated heterocycles. The number of aliphatic hydroxyl groups excluding tert-OH is 1. The van der Waals surface area contributed by atoms with Gasteiger partial charge in [0.05, 0.1) is 4.91 Å². The molecule has 0 unspecified atom stereocenters. The Hall–Kier alpha value is -1.16. The van der Waals surface area contributed by atoms with Gasteiger partial charge in [-0.3, -0.25) is 0 Å². The fraction of sp³-hybridized carbons (Fsp3) is 0.125. The Balaban J connectivity index is 2.40. The van der Waals surface area contributed by atoms with E-state index in [0.717, 1.165) is 9.93 Å². The molecule has 0 aromatic carbocycles. The van der Waals surface area contributed by atoms with E-state index in [4.69, 9.17) is 0 Å². The van der Waals surface area contributed by atoms with Gasteiger partial charge in [-0.15, -0.1) is 0 Å². The van der Waals surface area contributed by atoms with Crippen LogP contribution in [0.25, 0.3) is 0 Å². The van der Waals surface area contributed by atoms with Crippen molar-refractivity contribution < 1.29 is 5.11 Å². The molecular formula is C8H8N2OS. The Bertz CT molecular complexity index is 328. The lowest BCUT2D eigenvalue weighted by Crippen LogP contribution is -2.09. The Morgan fingerprint density at radius 2 is 2.33 bits per heavy atom. The minimum absolute atomic E-state index is 0.228. The number of thioether (sulfide) groups is 1. The summed E-state index contributed by atoms with van der Waals surface area (Å²) >= 11 is 1.52. The van der Waals surface area contributed by atoms with Crippen molar-refractivity contribution in [3.63, 3.8) is 0 Å². The second kappa shape index (κ2) is 2.71. The third-order valence-electron chi connectivity index (χ3n) is 1.60. The molecule has 2 heterocycles. The van der Waals surface area contributed by atoms with Gasteiger partial charge in [0, 0.05) is 6.21 Å². The lowest BCUT2D eigenvalue weighted by atomic mass is 10.5. The maximum absolute atomic E-state index is 9.52. The van der Waals surface area contributed by atoms with Gasteiger partial charge in [-0.1, -0.05) is 17.8 Å². The number of hydrogen-bond acceptors (Lipinski definition) is 4. The first-order valence-electron chi connectivity index (χ1n) is 3.58. The average molecular weight is 180 g/mol. The van der Waals surface area contributed by atoms with E-state index in [1.807, 2.05) is 25.2 Å². The van der Waals surface area contributed by atoms with Crippen molar-refractivity contribution >= 4 is 18.0 Å². The highest BCUT2D eigenvalue weighted by atomic mass is 32.2. The smallest absolute Gasteiger partial charge is 0.222 e. The lowest BCUT2D eigenvalue weighted by Gasteiger charge is -2.10. The minimum atomic E-state index is 0.228. The quantitative estimate of drug-likeness (QED) is 0.620. The number of hydrazone groups is 1. The summed E-state index contributed by atoms with van der Waals surface area (Å²) in [5.41, 5.74) is 0. The van der Waals surface area contributed by atoms with Crippen molar-refractivity contribution in [2.45, 2.75) is 6.92 Å². The number of nitrogens with zero attached hydrogens (tertiary/aromatic N) is 2. The first-order valence-corrected chi connectivity index (χ1v) is 4.39. The SMILES string of the molecule is CC1=C(O)N2N=CC=CC=C2S1. The molecule has 0 bridgehead atoms. The summed E-state index contributed by atoms with van der Waals surface area (Å²) in [5.74, 6) is 0.228. The number of aliphatic hydroxyl groups is 1. The van der Waals surface area contributed by atoms with Crippen molar-refractivity contribution in [3.8, 4) is 0 Å². The van der Waals surface area contributed by atoms with E-state index >= 15 is 0 Å². The predicted molar refractivity (Wildman–Crippen MR) is 50.5 cm³/mol. The van der Waals surface area contributed by atoms with E-state index in [1.54, 1.807) is 6.21 Å². The van der Waals surface area contributed by atoms with Crippen molar-refractivity contribution in [3.05, 3.63) is 34.0 Å². The minimum Gasteiger partial charge on any atom is -0.493 e. The van der Waals surface area contributed by atoms with E-state index in [0.29, 0.717) is 0 Å². The Labute approximate surface area is 74.8 Å². The lowest BCUT2D eigenvalue weighted by molar-refractivity contribution is 0.260. The van der Waals surface area contributed by atoms with Gasteiger partial charge in [0.1, 0.15) is 5.03 Å². The maximum atomic E-state index is 9.52. The van der Waals surface area contributed by atoms with E-state index in [1.165, 1.54) is 16.8 Å². The highest BCUT2D eigenvalue weighted by Gasteiger charge is 2.24. The summed E-state index contributed by atoms with van der Waals surface area (Å²) in [6.45, 7) is 1.87. The highest BCUT2D eigenvalue weighted by Crippen LogP contribution is 2.39. The van der Waals surface area contributed by atoms with Crippen LogP contribution in [0.3, 0.4) is 0 Å². The van der Waals surface area contributed by atoms with Gasteiger partial charge in [-0.2, -0.15) is 10.1 Å². The average Bonchev–Trinajstić information content (AvgIpc) is 2.30. The maximum Gasteiger partial charge on any atom is 0.222 e. The number of allylic oxidation sites excluding steroid dienone is 4. The molecule has 12 heavy (non-hydrogen) atoms. The van der Waals surface area contributed by atoms with Gasteiger partial charge in [0.15, 0.2) is 0 Å². The summed E-state index contributed by atoms with van der Waals surface area (Å²) < 4.78 is 0. The van der Waals surface area contributed by atoms with Gasteiger partial charge in [-0.05, 0) is 19.1 Å². The van der Waals surface area contributed by atoms with E-state index in [2.05, 4.69) is 5.10 Å². The van der Waals surface area contributed by atoms with Crippen LogP contribution < -0.4 is 0 Å². The Morgan fingerprint density at radius 3 is 3.17 bits per heavy atom. The second-order valence-electron chi connectivity index (χ2n) is 2.45. The third kappa shape index (κ3) is 1.04. The Kier molecular flexibility index (Phi) is 1.69. The zero-order valence-corrected chi connectivity index (χ0v) is 7.38. The van der Waals surface area contributed by atoms with E-state index in [-0.39, 0.29) is 5.88 Å². The summed E-state index contributed by atoms with van der Waals surface area (Å²) in [5, 5.41) is 16.0. The molecule has 3 nitrogen and oxygen atoms in total. The molecule has 0 aromatic heterocycles. The molecule has 0 aliphatic carbocycles. The third-order valence-corrected chi connectivity index (χ3v) is 2.61. The molecule has 0 saturated carbocycles. The monoisotopic (exact) mass is 180 g/mol. The van der Waals surface area contributed by atoms with Crippen LogP contribution >= 0.6 is 11.8 Å². The standard InChI is InChI=1S/C8H8N2OS/c1-6-8(11)10-7(12-6)4-2-3-5-9-10/h2-5,11H,1H3. The van der Waals surface area contributed by atoms with Gasteiger partial charge < -0.3 is 5.11 Å². The predicted octanol–water partition coefficient (Wildman–Crippen LogP) is 2.18. The zero-order chi connectivity index (χ0) is 8.55. The molecule has 1 N–H and O–H groups in total. The number of rotatable bonds is 0. The number of hydrogen-bond donors (Lipinski definition) is 1. The van der Waals surface area contributed by atoms with Crippen molar-refractivity contribution in [1.82, 2.24) is 5.01 Å². The summed E-state index contributed by atoms with van der Waals surface area (Å²) in [7, 11) is 0.